The van der Waals surface area contributed by atoms with E-state index in [0.29, 0.717) is 0 Å². The normalized spacial score (nSPS) is 12.0. The van der Waals surface area contributed by atoms with E-state index in [1.54, 1.807) is 20.8 Å². The number of nitrogens with zero attached hydrogens (tertiary/aromatic N) is 2. The molecule has 0 unspecified atom stereocenters. The Balaban J connectivity index is 2.40. The highest BCUT2D eigenvalue weighted by Crippen LogP contribution is 2.35. The molecular weight excluding hydrogens is 340 g/mol. The highest BCUT2D eigenvalue weighted by Gasteiger charge is 2.36. The largest absolute Gasteiger partial charge is 0.435 e. The fourth-order valence-corrected chi connectivity index (χ4v) is 1.98. The molecule has 2 rings (SSSR count). The van der Waals surface area contributed by atoms with Crippen molar-refractivity contribution >= 4 is 11.7 Å². The van der Waals surface area contributed by atoms with Gasteiger partial charge in [0.25, 0.3) is 0 Å². The van der Waals surface area contributed by atoms with Gasteiger partial charge in [0.1, 0.15) is 5.82 Å². The average molecular weight is 356 g/mol. The van der Waals surface area contributed by atoms with Crippen molar-refractivity contribution in [2.75, 3.05) is 5.32 Å². The Labute approximate surface area is 141 Å². The molecule has 9 heteroatoms. The second kappa shape index (κ2) is 6.66. The number of rotatable bonds is 2. The number of urea groups is 1. The fourth-order valence-electron chi connectivity index (χ4n) is 1.98. The first-order valence-electron chi connectivity index (χ1n) is 7.24. The third-order valence-electron chi connectivity index (χ3n) is 2.90. The molecule has 0 aliphatic heterocycles. The number of pyridine rings is 2. The highest BCUT2D eigenvalue weighted by atomic mass is 19.4. The Bertz CT molecular complexity index is 784. The summed E-state index contributed by atoms with van der Waals surface area (Å²) < 4.78 is 53.1. The molecule has 25 heavy (non-hydrogen) atoms. The van der Waals surface area contributed by atoms with Crippen LogP contribution in [0.25, 0.3) is 11.3 Å². The number of alkyl halides is 3. The molecule has 0 aromatic carbocycles. The minimum atomic E-state index is -4.80. The van der Waals surface area contributed by atoms with Crippen LogP contribution in [-0.4, -0.2) is 21.5 Å². The molecule has 0 aliphatic carbocycles. The third kappa shape index (κ3) is 5.13. The highest BCUT2D eigenvalue weighted by molar-refractivity contribution is 5.90. The molecule has 5 nitrogen and oxygen atoms in total. The van der Waals surface area contributed by atoms with Crippen molar-refractivity contribution in [3.05, 3.63) is 42.1 Å². The Morgan fingerprint density at radius 2 is 1.80 bits per heavy atom. The number of aromatic nitrogens is 2. The van der Waals surface area contributed by atoms with E-state index in [4.69, 9.17) is 0 Å². The zero-order valence-corrected chi connectivity index (χ0v) is 13.7. The summed E-state index contributed by atoms with van der Waals surface area (Å²) in [6.07, 6.45) is -2.67. The second-order valence-corrected chi connectivity index (χ2v) is 6.31. The van der Waals surface area contributed by atoms with E-state index in [1.165, 1.54) is 12.3 Å². The van der Waals surface area contributed by atoms with Crippen molar-refractivity contribution in [3.8, 4) is 11.3 Å². The summed E-state index contributed by atoms with van der Waals surface area (Å²) in [5, 5.41) is 4.64. The minimum Gasteiger partial charge on any atom is -0.333 e. The summed E-state index contributed by atoms with van der Waals surface area (Å²) in [5.74, 6) is -0.695. The van der Waals surface area contributed by atoms with E-state index in [9.17, 15) is 22.4 Å². The van der Waals surface area contributed by atoms with Crippen molar-refractivity contribution in [1.29, 1.82) is 0 Å². The van der Waals surface area contributed by atoms with E-state index in [1.807, 2.05) is 0 Å². The Morgan fingerprint density at radius 3 is 2.36 bits per heavy atom. The Hall–Kier alpha value is -2.71. The summed E-state index contributed by atoms with van der Waals surface area (Å²) in [6.45, 7) is 5.07. The lowest BCUT2D eigenvalue weighted by molar-refractivity contribution is -0.140. The molecule has 2 heterocycles. The predicted octanol–water partition coefficient (Wildman–Crippen LogP) is 4.22. The molecule has 0 spiro atoms. The molecule has 0 saturated carbocycles. The summed E-state index contributed by atoms with van der Waals surface area (Å²) in [5.41, 5.74) is -2.42. The fraction of sp³-hybridized carbons (Fsp3) is 0.312. The summed E-state index contributed by atoms with van der Waals surface area (Å²) in [4.78, 5) is 18.9. The standard InChI is InChI=1S/C16H16F4N4O/c1-15(2,3)24-14(25)23-12-5-4-11(22-13(12)16(18,19)20)9-6-10(17)8-21-7-9/h4-8H,1-3H3,(H2,23,24,25). The van der Waals surface area contributed by atoms with Gasteiger partial charge >= 0.3 is 12.2 Å². The van der Waals surface area contributed by atoms with Crippen LogP contribution in [0.4, 0.5) is 28.0 Å². The smallest absolute Gasteiger partial charge is 0.333 e. The first-order chi connectivity index (χ1) is 11.5. The number of nitrogens with one attached hydrogen (secondary N) is 2. The lowest BCUT2D eigenvalue weighted by Gasteiger charge is -2.21. The van der Waals surface area contributed by atoms with Crippen LogP contribution >= 0.6 is 0 Å². The molecule has 134 valence electrons. The van der Waals surface area contributed by atoms with E-state index in [-0.39, 0.29) is 11.3 Å². The maximum absolute atomic E-state index is 13.3. The molecule has 2 N–H and O–H groups in total. The summed E-state index contributed by atoms with van der Waals surface area (Å²) in [6, 6.07) is 2.55. The maximum Gasteiger partial charge on any atom is 0.435 e. The third-order valence-corrected chi connectivity index (χ3v) is 2.90. The maximum atomic E-state index is 13.3. The van der Waals surface area contributed by atoms with Gasteiger partial charge in [0.15, 0.2) is 5.69 Å². The zero-order chi connectivity index (χ0) is 18.8. The van der Waals surface area contributed by atoms with Gasteiger partial charge < -0.3 is 10.6 Å². The molecule has 0 fully saturated rings. The molecule has 2 aromatic heterocycles. The quantitative estimate of drug-likeness (QED) is 0.792. The molecule has 0 atom stereocenters. The second-order valence-electron chi connectivity index (χ2n) is 6.31. The van der Waals surface area contributed by atoms with Gasteiger partial charge in [-0.3, -0.25) is 4.98 Å². The number of hydrogen-bond donors (Lipinski definition) is 2. The van der Waals surface area contributed by atoms with Gasteiger partial charge in [0.05, 0.1) is 17.6 Å². The van der Waals surface area contributed by atoms with Gasteiger partial charge in [0.2, 0.25) is 0 Å². The van der Waals surface area contributed by atoms with Crippen LogP contribution in [0.1, 0.15) is 26.5 Å². The van der Waals surface area contributed by atoms with Gasteiger partial charge in [-0.1, -0.05) is 0 Å². The van der Waals surface area contributed by atoms with Crippen LogP contribution < -0.4 is 10.6 Å². The molecular formula is C16H16F4N4O. The molecule has 2 amide bonds. The first-order valence-corrected chi connectivity index (χ1v) is 7.24. The van der Waals surface area contributed by atoms with Crippen LogP contribution in [0.2, 0.25) is 0 Å². The number of anilines is 1. The van der Waals surface area contributed by atoms with Gasteiger partial charge in [-0.2, -0.15) is 13.2 Å². The Morgan fingerprint density at radius 1 is 1.12 bits per heavy atom. The van der Waals surface area contributed by atoms with Gasteiger partial charge in [-0.25, -0.2) is 14.2 Å². The lowest BCUT2D eigenvalue weighted by atomic mass is 10.1. The first kappa shape index (κ1) is 18.6. The van der Waals surface area contributed by atoms with E-state index >= 15 is 0 Å². The lowest BCUT2D eigenvalue weighted by Crippen LogP contribution is -2.43. The SMILES string of the molecule is CC(C)(C)NC(=O)Nc1ccc(-c2cncc(F)c2)nc1C(F)(F)F. The minimum absolute atomic E-state index is 0.0937. The van der Waals surface area contributed by atoms with Crippen LogP contribution in [0.15, 0.2) is 30.6 Å². The van der Waals surface area contributed by atoms with Gasteiger partial charge in [-0.15, -0.1) is 0 Å². The van der Waals surface area contributed by atoms with Crippen molar-refractivity contribution in [1.82, 2.24) is 15.3 Å². The molecule has 0 saturated heterocycles. The molecule has 0 radical (unpaired) electrons. The molecule has 0 aliphatic rings. The van der Waals surface area contributed by atoms with Crippen molar-refractivity contribution < 1.29 is 22.4 Å². The van der Waals surface area contributed by atoms with Crippen LogP contribution in [0, 0.1) is 5.82 Å². The van der Waals surface area contributed by atoms with Crippen molar-refractivity contribution in [2.24, 2.45) is 0 Å². The molecule has 0 bridgehead atoms. The number of halogens is 4. The predicted molar refractivity (Wildman–Crippen MR) is 84.3 cm³/mol. The van der Waals surface area contributed by atoms with Crippen molar-refractivity contribution in [2.45, 2.75) is 32.5 Å². The van der Waals surface area contributed by atoms with E-state index in [2.05, 4.69) is 20.6 Å². The van der Waals surface area contributed by atoms with E-state index < -0.39 is 34.9 Å². The number of carbonyl (C=O) groups excluding carboxylic acids is 1. The summed E-state index contributed by atoms with van der Waals surface area (Å²) in [7, 11) is 0. The monoisotopic (exact) mass is 356 g/mol. The number of amides is 2. The average Bonchev–Trinajstić information content (AvgIpc) is 2.44. The van der Waals surface area contributed by atoms with Crippen molar-refractivity contribution in [3.63, 3.8) is 0 Å². The number of hydrogen-bond acceptors (Lipinski definition) is 3. The molecule has 2 aromatic rings. The van der Waals surface area contributed by atoms with Crippen LogP contribution in [-0.2, 0) is 6.18 Å². The summed E-state index contributed by atoms with van der Waals surface area (Å²) >= 11 is 0. The topological polar surface area (TPSA) is 66.9 Å². The Kier molecular flexibility index (Phi) is 4.96. The van der Waals surface area contributed by atoms with Gasteiger partial charge in [-0.05, 0) is 39.0 Å². The van der Waals surface area contributed by atoms with Gasteiger partial charge in [0, 0.05) is 17.3 Å². The van der Waals surface area contributed by atoms with Crippen LogP contribution in [0.3, 0.4) is 0 Å². The zero-order valence-electron chi connectivity index (χ0n) is 13.7. The number of carbonyl (C=O) groups is 1. The van der Waals surface area contributed by atoms with E-state index in [0.717, 1.165) is 18.3 Å². The van der Waals surface area contributed by atoms with Crippen LogP contribution in [0.5, 0.6) is 0 Å².